The number of carbonyl (C=O) groups excluding carboxylic acids is 1. The second-order valence-corrected chi connectivity index (χ2v) is 5.76. The van der Waals surface area contributed by atoms with Crippen molar-refractivity contribution in [3.05, 3.63) is 72.3 Å². The van der Waals surface area contributed by atoms with Gasteiger partial charge in [0.05, 0.1) is 4.90 Å². The topological polar surface area (TPSA) is 63.2 Å². The van der Waals surface area contributed by atoms with E-state index in [1.807, 2.05) is 4.72 Å². The number of nitrogens with one attached hydrogen (secondary N) is 1. The van der Waals surface area contributed by atoms with Crippen molar-refractivity contribution in [2.24, 2.45) is 0 Å². The van der Waals surface area contributed by atoms with Crippen molar-refractivity contribution < 1.29 is 13.2 Å². The van der Waals surface area contributed by atoms with Gasteiger partial charge in [-0.05, 0) is 29.8 Å². The molecule has 1 N–H and O–H groups in total. The molecular formula is C15H13NO3S. The van der Waals surface area contributed by atoms with Gasteiger partial charge in [-0.15, -0.1) is 0 Å². The zero-order chi connectivity index (χ0) is 14.6. The monoisotopic (exact) mass is 287 g/mol. The Balaban J connectivity index is 2.20. The normalized spacial score (nSPS) is 10.8. The maximum atomic E-state index is 12.0. The van der Waals surface area contributed by atoms with Crippen molar-refractivity contribution >= 4 is 22.0 Å². The minimum absolute atomic E-state index is 0.0519. The standard InChI is InChI=1S/C15H13NO3S/c1-2-12-8-10-13(11-9-12)15(17)16-20(18,19)14-6-4-3-5-7-14/h2-11H,1H2,(H,16,17). The van der Waals surface area contributed by atoms with Crippen molar-refractivity contribution in [2.45, 2.75) is 4.90 Å². The molecule has 0 unspecified atom stereocenters. The first-order valence-electron chi connectivity index (χ1n) is 5.87. The van der Waals surface area contributed by atoms with Crippen LogP contribution in [0.15, 0.2) is 66.1 Å². The molecule has 0 saturated carbocycles. The Hall–Kier alpha value is -2.40. The van der Waals surface area contributed by atoms with E-state index in [1.165, 1.54) is 12.1 Å². The molecule has 0 saturated heterocycles. The summed E-state index contributed by atoms with van der Waals surface area (Å²) in [6, 6.07) is 14.2. The van der Waals surface area contributed by atoms with E-state index < -0.39 is 15.9 Å². The van der Waals surface area contributed by atoms with Gasteiger partial charge in [0.25, 0.3) is 15.9 Å². The molecule has 0 aliphatic carbocycles. The Kier molecular flexibility index (Phi) is 4.00. The fourth-order valence-electron chi connectivity index (χ4n) is 1.61. The molecule has 2 rings (SSSR count). The van der Waals surface area contributed by atoms with Gasteiger partial charge in [0.1, 0.15) is 0 Å². The third-order valence-corrected chi connectivity index (χ3v) is 4.04. The third-order valence-electron chi connectivity index (χ3n) is 2.69. The summed E-state index contributed by atoms with van der Waals surface area (Å²) < 4.78 is 26.0. The van der Waals surface area contributed by atoms with Crippen LogP contribution in [0.1, 0.15) is 15.9 Å². The van der Waals surface area contributed by atoms with Gasteiger partial charge in [0, 0.05) is 5.56 Å². The summed E-state index contributed by atoms with van der Waals surface area (Å²) in [5, 5.41) is 0. The number of rotatable bonds is 4. The van der Waals surface area contributed by atoms with Crippen LogP contribution < -0.4 is 4.72 Å². The van der Waals surface area contributed by atoms with Crippen LogP contribution in [0.4, 0.5) is 0 Å². The minimum atomic E-state index is -3.84. The minimum Gasteiger partial charge on any atom is -0.268 e. The van der Waals surface area contributed by atoms with Crippen molar-refractivity contribution in [3.8, 4) is 0 Å². The Labute approximate surface area is 117 Å². The number of sulfonamides is 1. The highest BCUT2D eigenvalue weighted by molar-refractivity contribution is 7.90. The number of carbonyl (C=O) groups is 1. The van der Waals surface area contributed by atoms with Crippen molar-refractivity contribution in [3.63, 3.8) is 0 Å². The van der Waals surface area contributed by atoms with E-state index in [1.54, 1.807) is 48.5 Å². The fourth-order valence-corrected chi connectivity index (χ4v) is 2.61. The highest BCUT2D eigenvalue weighted by atomic mass is 32.2. The van der Waals surface area contributed by atoms with Gasteiger partial charge >= 0.3 is 0 Å². The van der Waals surface area contributed by atoms with E-state index in [0.717, 1.165) is 5.56 Å². The first kappa shape index (κ1) is 14.0. The summed E-state index contributed by atoms with van der Waals surface area (Å²) >= 11 is 0. The van der Waals surface area contributed by atoms with Crippen LogP contribution in [0.3, 0.4) is 0 Å². The quantitative estimate of drug-likeness (QED) is 0.939. The number of hydrogen-bond donors (Lipinski definition) is 1. The number of hydrogen-bond acceptors (Lipinski definition) is 3. The Morgan fingerprint density at radius 2 is 1.60 bits per heavy atom. The number of benzene rings is 2. The average Bonchev–Trinajstić information content (AvgIpc) is 2.48. The Morgan fingerprint density at radius 1 is 1.00 bits per heavy atom. The lowest BCUT2D eigenvalue weighted by Crippen LogP contribution is -2.30. The molecule has 0 aliphatic rings. The summed E-state index contributed by atoms with van der Waals surface area (Å²) in [6.07, 6.45) is 1.64. The molecule has 0 spiro atoms. The molecule has 0 aromatic heterocycles. The smallest absolute Gasteiger partial charge is 0.264 e. The highest BCUT2D eigenvalue weighted by Gasteiger charge is 2.17. The first-order chi connectivity index (χ1) is 9.53. The van der Waals surface area contributed by atoms with E-state index in [4.69, 9.17) is 0 Å². The molecule has 102 valence electrons. The summed E-state index contributed by atoms with van der Waals surface area (Å²) in [5.41, 5.74) is 1.13. The van der Waals surface area contributed by atoms with Gasteiger partial charge in [-0.2, -0.15) is 0 Å². The third kappa shape index (κ3) is 3.13. The molecule has 0 bridgehead atoms. The Morgan fingerprint density at radius 3 is 2.15 bits per heavy atom. The van der Waals surface area contributed by atoms with Crippen LogP contribution >= 0.6 is 0 Å². The van der Waals surface area contributed by atoms with E-state index in [2.05, 4.69) is 6.58 Å². The lowest BCUT2D eigenvalue weighted by Gasteiger charge is -2.07. The average molecular weight is 287 g/mol. The van der Waals surface area contributed by atoms with Gasteiger partial charge in [-0.25, -0.2) is 13.1 Å². The highest BCUT2D eigenvalue weighted by Crippen LogP contribution is 2.10. The number of amides is 1. The molecule has 5 heteroatoms. The van der Waals surface area contributed by atoms with Gasteiger partial charge < -0.3 is 0 Å². The molecule has 20 heavy (non-hydrogen) atoms. The molecule has 0 atom stereocenters. The lowest BCUT2D eigenvalue weighted by molar-refractivity contribution is 0.0981. The lowest BCUT2D eigenvalue weighted by atomic mass is 10.1. The van der Waals surface area contributed by atoms with Gasteiger partial charge in [-0.3, -0.25) is 4.79 Å². The van der Waals surface area contributed by atoms with Gasteiger partial charge in [0.15, 0.2) is 0 Å². The second kappa shape index (κ2) is 5.71. The summed E-state index contributed by atoms with van der Waals surface area (Å²) in [5.74, 6) is -0.663. The van der Waals surface area contributed by atoms with Crippen LogP contribution in [-0.4, -0.2) is 14.3 Å². The van der Waals surface area contributed by atoms with E-state index in [0.29, 0.717) is 0 Å². The maximum absolute atomic E-state index is 12.0. The molecule has 2 aromatic rings. The summed E-state index contributed by atoms with van der Waals surface area (Å²) in [6.45, 7) is 3.61. The van der Waals surface area contributed by atoms with Crippen LogP contribution in [0.2, 0.25) is 0 Å². The van der Waals surface area contributed by atoms with Crippen LogP contribution in [0.25, 0.3) is 6.08 Å². The molecule has 0 fully saturated rings. The molecular weight excluding hydrogens is 274 g/mol. The SMILES string of the molecule is C=Cc1ccc(C(=O)NS(=O)(=O)c2ccccc2)cc1. The largest absolute Gasteiger partial charge is 0.268 e. The predicted molar refractivity (Wildman–Crippen MR) is 77.6 cm³/mol. The molecule has 2 aromatic carbocycles. The van der Waals surface area contributed by atoms with Crippen LogP contribution in [0.5, 0.6) is 0 Å². The zero-order valence-electron chi connectivity index (χ0n) is 10.6. The first-order valence-corrected chi connectivity index (χ1v) is 7.36. The Bertz CT molecular complexity index is 719. The molecule has 0 heterocycles. The van der Waals surface area contributed by atoms with Crippen LogP contribution in [0, 0.1) is 0 Å². The van der Waals surface area contributed by atoms with Crippen LogP contribution in [-0.2, 0) is 10.0 Å². The summed E-state index contributed by atoms with van der Waals surface area (Å²) in [7, 11) is -3.84. The fraction of sp³-hybridized carbons (Fsp3) is 0. The molecule has 0 aliphatic heterocycles. The molecule has 1 amide bonds. The maximum Gasteiger partial charge on any atom is 0.264 e. The second-order valence-electron chi connectivity index (χ2n) is 4.07. The van der Waals surface area contributed by atoms with E-state index in [9.17, 15) is 13.2 Å². The van der Waals surface area contributed by atoms with Crippen molar-refractivity contribution in [1.82, 2.24) is 4.72 Å². The van der Waals surface area contributed by atoms with Gasteiger partial charge in [-0.1, -0.05) is 43.0 Å². The van der Waals surface area contributed by atoms with Crippen molar-refractivity contribution in [1.29, 1.82) is 0 Å². The van der Waals surface area contributed by atoms with Gasteiger partial charge in [0.2, 0.25) is 0 Å². The van der Waals surface area contributed by atoms with Crippen molar-refractivity contribution in [2.75, 3.05) is 0 Å². The molecule has 0 radical (unpaired) electrons. The zero-order valence-corrected chi connectivity index (χ0v) is 11.4. The van der Waals surface area contributed by atoms with E-state index in [-0.39, 0.29) is 10.5 Å². The predicted octanol–water partition coefficient (Wildman–Crippen LogP) is 2.45. The molecule has 4 nitrogen and oxygen atoms in total. The summed E-state index contributed by atoms with van der Waals surface area (Å²) in [4.78, 5) is 12.0. The van der Waals surface area contributed by atoms with E-state index >= 15 is 0 Å².